The van der Waals surface area contributed by atoms with Crippen molar-refractivity contribution in [2.75, 3.05) is 11.9 Å². The van der Waals surface area contributed by atoms with E-state index < -0.39 is 18.8 Å². The van der Waals surface area contributed by atoms with Gasteiger partial charge in [-0.05, 0) is 12.0 Å². The van der Waals surface area contributed by atoms with E-state index in [1.165, 1.54) is 18.3 Å². The highest BCUT2D eigenvalue weighted by Crippen LogP contribution is 2.18. The molecule has 0 aliphatic rings. The van der Waals surface area contributed by atoms with Gasteiger partial charge in [0.05, 0.1) is 17.9 Å². The fraction of sp³-hybridized carbons (Fsp3) is 0.500. The zero-order valence-electron chi connectivity index (χ0n) is 11.1. The summed E-state index contributed by atoms with van der Waals surface area (Å²) in [5.74, 6) is -0.586. The second-order valence-electron chi connectivity index (χ2n) is 4.55. The number of nitrogens with zero attached hydrogens (tertiary/aromatic N) is 1. The molecule has 1 rings (SSSR count). The predicted molar refractivity (Wildman–Crippen MR) is 67.2 cm³/mol. The fourth-order valence-corrected chi connectivity index (χ4v) is 1.22. The summed E-state index contributed by atoms with van der Waals surface area (Å²) in [5, 5.41) is 2.52. The Balaban J connectivity index is 2.57. The first-order valence-corrected chi connectivity index (χ1v) is 5.91. The molecule has 0 aliphatic heterocycles. The number of nitrogens with one attached hydrogen (secondary N) is 1. The Labute approximate surface area is 114 Å². The van der Waals surface area contributed by atoms with Crippen molar-refractivity contribution in [2.24, 2.45) is 11.7 Å². The molecule has 0 bridgehead atoms. The van der Waals surface area contributed by atoms with E-state index in [0.717, 1.165) is 0 Å². The van der Waals surface area contributed by atoms with Crippen LogP contribution < -0.4 is 15.8 Å². The van der Waals surface area contributed by atoms with E-state index >= 15 is 0 Å². The second-order valence-corrected chi connectivity index (χ2v) is 4.55. The normalized spacial score (nSPS) is 13.2. The maximum atomic E-state index is 11.9. The van der Waals surface area contributed by atoms with Gasteiger partial charge in [-0.1, -0.05) is 13.8 Å². The Morgan fingerprint density at radius 1 is 1.45 bits per heavy atom. The number of ether oxygens (including phenoxy) is 1. The summed E-state index contributed by atoms with van der Waals surface area (Å²) in [4.78, 5) is 15.3. The van der Waals surface area contributed by atoms with Crippen LogP contribution in [0.2, 0.25) is 0 Å². The summed E-state index contributed by atoms with van der Waals surface area (Å²) >= 11 is 0. The van der Waals surface area contributed by atoms with E-state index in [1.54, 1.807) is 13.8 Å². The number of pyridine rings is 1. The lowest BCUT2D eigenvalue weighted by atomic mass is 10.1. The highest BCUT2D eigenvalue weighted by Gasteiger charge is 2.28. The molecule has 0 saturated carbocycles. The minimum atomic E-state index is -4.42. The first kappa shape index (κ1) is 16.2. The average Bonchev–Trinajstić information content (AvgIpc) is 2.36. The first-order chi connectivity index (χ1) is 9.19. The van der Waals surface area contributed by atoms with Crippen LogP contribution in [0.4, 0.5) is 18.9 Å². The van der Waals surface area contributed by atoms with Crippen LogP contribution in [-0.4, -0.2) is 29.7 Å². The molecular weight excluding hydrogens is 275 g/mol. The molecule has 0 saturated heterocycles. The van der Waals surface area contributed by atoms with Crippen molar-refractivity contribution >= 4 is 11.6 Å². The third-order valence-electron chi connectivity index (χ3n) is 2.41. The van der Waals surface area contributed by atoms with Crippen molar-refractivity contribution in [3.05, 3.63) is 18.3 Å². The highest BCUT2D eigenvalue weighted by atomic mass is 19.4. The molecule has 3 N–H and O–H groups in total. The number of hydrogen-bond acceptors (Lipinski definition) is 4. The van der Waals surface area contributed by atoms with Gasteiger partial charge in [0.15, 0.2) is 6.61 Å². The number of amides is 1. The van der Waals surface area contributed by atoms with Gasteiger partial charge in [-0.15, -0.1) is 0 Å². The highest BCUT2D eigenvalue weighted by molar-refractivity contribution is 5.94. The molecule has 20 heavy (non-hydrogen) atoms. The lowest BCUT2D eigenvalue weighted by molar-refractivity contribution is -0.154. The van der Waals surface area contributed by atoms with E-state index in [-0.39, 0.29) is 17.7 Å². The number of aromatic nitrogens is 1. The zero-order chi connectivity index (χ0) is 15.3. The standard InChI is InChI=1S/C12H16F3N3O2/c1-7(2)10(16)11(19)18-8-3-4-9(17-5-8)20-6-12(13,14)15/h3-5,7,10H,6,16H2,1-2H3,(H,18,19)/t10-/m1/s1. The molecule has 0 aromatic carbocycles. The number of hydrogen-bond donors (Lipinski definition) is 2. The first-order valence-electron chi connectivity index (χ1n) is 5.91. The van der Waals surface area contributed by atoms with Gasteiger partial charge in [-0.2, -0.15) is 13.2 Å². The summed E-state index contributed by atoms with van der Waals surface area (Å²) in [7, 11) is 0. The topological polar surface area (TPSA) is 77.2 Å². The van der Waals surface area contributed by atoms with Crippen LogP contribution in [0.5, 0.6) is 5.88 Å². The average molecular weight is 291 g/mol. The van der Waals surface area contributed by atoms with Gasteiger partial charge in [-0.25, -0.2) is 4.98 Å². The number of carbonyl (C=O) groups is 1. The number of carbonyl (C=O) groups excluding carboxylic acids is 1. The monoisotopic (exact) mass is 291 g/mol. The molecule has 0 radical (unpaired) electrons. The van der Waals surface area contributed by atoms with Gasteiger partial charge in [0.1, 0.15) is 0 Å². The minimum absolute atomic E-state index is 0.0302. The van der Waals surface area contributed by atoms with Gasteiger partial charge in [0.2, 0.25) is 11.8 Å². The minimum Gasteiger partial charge on any atom is -0.468 e. The second kappa shape index (κ2) is 6.56. The van der Waals surface area contributed by atoms with Crippen LogP contribution in [0.1, 0.15) is 13.8 Å². The number of halogens is 3. The maximum absolute atomic E-state index is 11.9. The molecule has 1 aromatic rings. The van der Waals surface area contributed by atoms with Crippen LogP contribution >= 0.6 is 0 Å². The number of rotatable bonds is 5. The van der Waals surface area contributed by atoms with Crippen molar-refractivity contribution in [3.8, 4) is 5.88 Å². The largest absolute Gasteiger partial charge is 0.468 e. The van der Waals surface area contributed by atoms with E-state index in [4.69, 9.17) is 5.73 Å². The molecule has 5 nitrogen and oxygen atoms in total. The summed E-state index contributed by atoms with van der Waals surface area (Å²) in [6, 6.07) is 1.96. The Hall–Kier alpha value is -1.83. The van der Waals surface area contributed by atoms with E-state index in [1.807, 2.05) is 0 Å². The third kappa shape index (κ3) is 5.43. The molecule has 0 spiro atoms. The Bertz CT molecular complexity index is 446. The summed E-state index contributed by atoms with van der Waals surface area (Å²) < 4.78 is 40.2. The lowest BCUT2D eigenvalue weighted by Gasteiger charge is -2.15. The van der Waals surface area contributed by atoms with Crippen molar-refractivity contribution < 1.29 is 22.7 Å². The molecule has 1 aromatic heterocycles. The van der Waals surface area contributed by atoms with E-state index in [0.29, 0.717) is 5.69 Å². The summed E-state index contributed by atoms with van der Waals surface area (Å²) in [6.45, 7) is 2.19. The van der Waals surface area contributed by atoms with Gasteiger partial charge < -0.3 is 15.8 Å². The Kier molecular flexibility index (Phi) is 5.32. The van der Waals surface area contributed by atoms with Crippen LogP contribution in [0.25, 0.3) is 0 Å². The SMILES string of the molecule is CC(C)[C@@H](N)C(=O)Nc1ccc(OCC(F)(F)F)nc1. The van der Waals surface area contributed by atoms with Crippen LogP contribution in [-0.2, 0) is 4.79 Å². The molecule has 1 amide bonds. The maximum Gasteiger partial charge on any atom is 0.422 e. The molecular formula is C12H16F3N3O2. The number of anilines is 1. The number of alkyl halides is 3. The fourth-order valence-electron chi connectivity index (χ4n) is 1.22. The van der Waals surface area contributed by atoms with Crippen LogP contribution in [0, 0.1) is 5.92 Å². The van der Waals surface area contributed by atoms with E-state index in [9.17, 15) is 18.0 Å². The molecule has 1 heterocycles. The lowest BCUT2D eigenvalue weighted by Crippen LogP contribution is -2.39. The predicted octanol–water partition coefficient (Wildman–Crippen LogP) is 1.94. The quantitative estimate of drug-likeness (QED) is 0.869. The zero-order valence-corrected chi connectivity index (χ0v) is 11.1. The summed E-state index contributed by atoms with van der Waals surface area (Å²) in [6.07, 6.45) is -3.21. The number of nitrogens with two attached hydrogens (primary N) is 1. The Morgan fingerprint density at radius 2 is 2.10 bits per heavy atom. The third-order valence-corrected chi connectivity index (χ3v) is 2.41. The van der Waals surface area contributed by atoms with Crippen LogP contribution in [0.15, 0.2) is 18.3 Å². The molecule has 8 heteroatoms. The van der Waals surface area contributed by atoms with Crippen molar-refractivity contribution in [1.29, 1.82) is 0 Å². The molecule has 112 valence electrons. The van der Waals surface area contributed by atoms with Gasteiger partial charge in [-0.3, -0.25) is 4.79 Å². The molecule has 0 aliphatic carbocycles. The van der Waals surface area contributed by atoms with Crippen molar-refractivity contribution in [1.82, 2.24) is 4.98 Å². The Morgan fingerprint density at radius 3 is 2.55 bits per heavy atom. The van der Waals surface area contributed by atoms with Gasteiger partial charge >= 0.3 is 6.18 Å². The molecule has 0 unspecified atom stereocenters. The van der Waals surface area contributed by atoms with Gasteiger partial charge in [0.25, 0.3) is 0 Å². The van der Waals surface area contributed by atoms with E-state index in [2.05, 4.69) is 15.0 Å². The van der Waals surface area contributed by atoms with Crippen molar-refractivity contribution in [3.63, 3.8) is 0 Å². The smallest absolute Gasteiger partial charge is 0.422 e. The molecule has 0 fully saturated rings. The summed E-state index contributed by atoms with van der Waals surface area (Å²) in [5.41, 5.74) is 5.99. The molecule has 1 atom stereocenters. The van der Waals surface area contributed by atoms with Crippen LogP contribution in [0.3, 0.4) is 0 Å². The van der Waals surface area contributed by atoms with Gasteiger partial charge in [0, 0.05) is 6.07 Å². The van der Waals surface area contributed by atoms with Crippen molar-refractivity contribution in [2.45, 2.75) is 26.1 Å².